The average molecular weight is 452 g/mol. The van der Waals surface area contributed by atoms with Crippen LogP contribution < -0.4 is 24.3 Å². The highest BCUT2D eigenvalue weighted by atomic mass is 16.7. The molecule has 0 bridgehead atoms. The number of nitro groups is 1. The van der Waals surface area contributed by atoms with Crippen molar-refractivity contribution in [2.75, 3.05) is 26.3 Å². The first-order valence-electron chi connectivity index (χ1n) is 10.6. The lowest BCUT2D eigenvalue weighted by atomic mass is 9.68. The molecule has 9 heteroatoms. The van der Waals surface area contributed by atoms with Crippen LogP contribution in [0.25, 0.3) is 0 Å². The molecule has 5 rings (SSSR count). The fourth-order valence-electron chi connectivity index (χ4n) is 5.00. The third kappa shape index (κ3) is 3.35. The molecule has 1 atom stereocenters. The van der Waals surface area contributed by atoms with Gasteiger partial charge in [0, 0.05) is 40.9 Å². The maximum atomic E-state index is 13.5. The van der Waals surface area contributed by atoms with E-state index in [2.05, 4.69) is 5.32 Å². The van der Waals surface area contributed by atoms with E-state index in [4.69, 9.17) is 18.9 Å². The first-order chi connectivity index (χ1) is 15.7. The summed E-state index contributed by atoms with van der Waals surface area (Å²) in [5.41, 5.74) is 2.73. The van der Waals surface area contributed by atoms with Gasteiger partial charge < -0.3 is 24.3 Å². The molecule has 3 aliphatic rings. The van der Waals surface area contributed by atoms with Crippen molar-refractivity contribution < 1.29 is 28.7 Å². The molecule has 0 aromatic heterocycles. The molecule has 2 aliphatic heterocycles. The van der Waals surface area contributed by atoms with Gasteiger partial charge in [0.2, 0.25) is 6.79 Å². The number of ether oxygens (including phenoxy) is 4. The molecule has 0 saturated heterocycles. The van der Waals surface area contributed by atoms with Gasteiger partial charge in [-0.25, -0.2) is 0 Å². The van der Waals surface area contributed by atoms with Crippen molar-refractivity contribution in [3.8, 4) is 23.0 Å². The summed E-state index contributed by atoms with van der Waals surface area (Å²) in [7, 11) is 3.07. The molecule has 2 aromatic carbocycles. The molecular formula is C24H24N2O7. The number of nitro benzene ring substituents is 1. The van der Waals surface area contributed by atoms with Gasteiger partial charge in [0.15, 0.2) is 28.8 Å². The number of hydrogen-bond donors (Lipinski definition) is 1. The number of methoxy groups -OCH3 is 2. The van der Waals surface area contributed by atoms with Crippen LogP contribution in [0, 0.1) is 15.5 Å². The van der Waals surface area contributed by atoms with E-state index in [9.17, 15) is 14.9 Å². The number of carbonyl (C=O) groups excluding carboxylic acids is 1. The van der Waals surface area contributed by atoms with Crippen molar-refractivity contribution in [3.63, 3.8) is 0 Å². The van der Waals surface area contributed by atoms with Crippen molar-refractivity contribution in [2.24, 2.45) is 5.41 Å². The predicted octanol–water partition coefficient (Wildman–Crippen LogP) is 4.54. The van der Waals surface area contributed by atoms with Crippen molar-refractivity contribution in [3.05, 3.63) is 56.8 Å². The molecule has 172 valence electrons. The number of nitrogens with zero attached hydrogens (tertiary/aromatic N) is 1. The van der Waals surface area contributed by atoms with Gasteiger partial charge >= 0.3 is 0 Å². The number of hydrogen-bond acceptors (Lipinski definition) is 8. The number of benzene rings is 2. The van der Waals surface area contributed by atoms with E-state index in [1.54, 1.807) is 25.3 Å². The monoisotopic (exact) mass is 452 g/mol. The quantitative estimate of drug-likeness (QED) is 0.532. The zero-order valence-electron chi connectivity index (χ0n) is 18.8. The first-order valence-corrected chi connectivity index (χ1v) is 10.6. The zero-order chi connectivity index (χ0) is 23.5. The highest BCUT2D eigenvalue weighted by Gasteiger charge is 2.43. The summed E-state index contributed by atoms with van der Waals surface area (Å²) in [5.74, 6) is 1.02. The molecule has 1 aliphatic carbocycles. The van der Waals surface area contributed by atoms with Gasteiger partial charge in [0.25, 0.3) is 5.69 Å². The smallest absolute Gasteiger partial charge is 0.277 e. The van der Waals surface area contributed by atoms with Crippen LogP contribution in [0.4, 0.5) is 11.4 Å². The van der Waals surface area contributed by atoms with E-state index in [1.165, 1.54) is 13.2 Å². The molecular weight excluding hydrogens is 428 g/mol. The SMILES string of the molecule is COc1cc2c(cc1OC)[C@H](c1cc3c(cc1[N+](=O)[O-])OCO3)C1=C(CC(C)(C)CC1=O)N2. The number of anilines is 1. The van der Waals surface area contributed by atoms with Gasteiger partial charge in [0.05, 0.1) is 25.2 Å². The lowest BCUT2D eigenvalue weighted by Crippen LogP contribution is -2.34. The second kappa shape index (κ2) is 7.40. The van der Waals surface area contributed by atoms with Gasteiger partial charge in [-0.3, -0.25) is 14.9 Å². The minimum absolute atomic E-state index is 0.00909. The fraction of sp³-hybridized carbons (Fsp3) is 0.375. The number of nitrogens with one attached hydrogen (secondary N) is 1. The molecule has 0 spiro atoms. The van der Waals surface area contributed by atoms with Crippen molar-refractivity contribution in [2.45, 2.75) is 32.6 Å². The van der Waals surface area contributed by atoms with Crippen LogP contribution in [0.3, 0.4) is 0 Å². The number of carbonyl (C=O) groups is 1. The fourth-order valence-corrected chi connectivity index (χ4v) is 5.00. The average Bonchev–Trinajstić information content (AvgIpc) is 3.22. The van der Waals surface area contributed by atoms with Gasteiger partial charge in [-0.2, -0.15) is 0 Å². The molecule has 0 amide bonds. The van der Waals surface area contributed by atoms with Crippen molar-refractivity contribution >= 4 is 17.2 Å². The Balaban J connectivity index is 1.80. The highest BCUT2D eigenvalue weighted by Crippen LogP contribution is 2.54. The lowest BCUT2D eigenvalue weighted by molar-refractivity contribution is -0.385. The normalized spacial score (nSPS) is 20.0. The van der Waals surface area contributed by atoms with Crippen molar-refractivity contribution in [1.29, 1.82) is 0 Å². The second-order valence-corrected chi connectivity index (χ2v) is 9.21. The molecule has 2 aromatic rings. The third-order valence-corrected chi connectivity index (χ3v) is 6.39. The standard InChI is InChI=1S/C24H24N2O7/c1-24(2)9-15-23(17(27)10-24)22(12-5-18(30-3)19(31-4)7-14(12)25-15)13-6-20-21(33-11-32-20)8-16(13)26(28)29/h5-8,22,25H,9-11H2,1-4H3/t22-/m1/s1. The second-order valence-electron chi connectivity index (χ2n) is 9.21. The minimum atomic E-state index is -0.672. The Labute approximate surface area is 190 Å². The summed E-state index contributed by atoms with van der Waals surface area (Å²) < 4.78 is 21.9. The minimum Gasteiger partial charge on any atom is -0.493 e. The van der Waals surface area contributed by atoms with Gasteiger partial charge in [-0.15, -0.1) is 0 Å². The summed E-state index contributed by atoms with van der Waals surface area (Å²) in [5, 5.41) is 15.5. The van der Waals surface area contributed by atoms with E-state index in [1.807, 2.05) is 13.8 Å². The molecule has 0 unspecified atom stereocenters. The van der Waals surface area contributed by atoms with Crippen LogP contribution in [-0.2, 0) is 4.79 Å². The Morgan fingerprint density at radius 3 is 2.36 bits per heavy atom. The Hall–Kier alpha value is -3.75. The van der Waals surface area contributed by atoms with Gasteiger partial charge in [-0.1, -0.05) is 13.8 Å². The maximum absolute atomic E-state index is 13.5. The van der Waals surface area contributed by atoms with Crippen LogP contribution in [0.15, 0.2) is 35.5 Å². The molecule has 33 heavy (non-hydrogen) atoms. The Bertz CT molecular complexity index is 1230. The molecule has 0 radical (unpaired) electrons. The molecule has 2 heterocycles. The number of rotatable bonds is 4. The highest BCUT2D eigenvalue weighted by molar-refractivity contribution is 6.02. The predicted molar refractivity (Wildman–Crippen MR) is 119 cm³/mol. The Kier molecular flexibility index (Phi) is 4.73. The number of ketones is 1. The number of fused-ring (bicyclic) bond motifs is 2. The summed E-state index contributed by atoms with van der Waals surface area (Å²) in [6, 6.07) is 6.57. The van der Waals surface area contributed by atoms with E-state index < -0.39 is 10.8 Å². The summed E-state index contributed by atoms with van der Waals surface area (Å²) >= 11 is 0. The van der Waals surface area contributed by atoms with E-state index in [0.29, 0.717) is 58.2 Å². The Morgan fingerprint density at radius 1 is 1.03 bits per heavy atom. The zero-order valence-corrected chi connectivity index (χ0v) is 18.8. The summed E-state index contributed by atoms with van der Waals surface area (Å²) in [6.45, 7) is 4.07. The molecule has 1 N–H and O–H groups in total. The first kappa shape index (κ1) is 21.1. The van der Waals surface area contributed by atoms with Crippen LogP contribution in [-0.4, -0.2) is 31.7 Å². The molecule has 0 saturated carbocycles. The largest absolute Gasteiger partial charge is 0.493 e. The summed E-state index contributed by atoms with van der Waals surface area (Å²) in [4.78, 5) is 25.1. The van der Waals surface area contributed by atoms with Gasteiger partial charge in [-0.05, 0) is 29.5 Å². The van der Waals surface area contributed by atoms with Crippen LogP contribution in [0.1, 0.15) is 43.7 Å². The third-order valence-electron chi connectivity index (χ3n) is 6.39. The van der Waals surface area contributed by atoms with Crippen LogP contribution in [0.2, 0.25) is 0 Å². The topological polar surface area (TPSA) is 109 Å². The molecule has 9 nitrogen and oxygen atoms in total. The summed E-state index contributed by atoms with van der Waals surface area (Å²) in [6.07, 6.45) is 0.988. The lowest BCUT2D eigenvalue weighted by Gasteiger charge is -2.39. The van der Waals surface area contributed by atoms with Crippen LogP contribution >= 0.6 is 0 Å². The number of Topliss-reactive ketones (excluding diaryl/α,β-unsaturated/α-hetero) is 1. The van der Waals surface area contributed by atoms with E-state index in [0.717, 1.165) is 5.70 Å². The Morgan fingerprint density at radius 2 is 1.70 bits per heavy atom. The van der Waals surface area contributed by atoms with E-state index in [-0.39, 0.29) is 23.7 Å². The van der Waals surface area contributed by atoms with Crippen LogP contribution in [0.5, 0.6) is 23.0 Å². The molecule has 0 fully saturated rings. The van der Waals surface area contributed by atoms with E-state index >= 15 is 0 Å². The van der Waals surface area contributed by atoms with Crippen molar-refractivity contribution in [1.82, 2.24) is 0 Å². The van der Waals surface area contributed by atoms with Gasteiger partial charge in [0.1, 0.15) is 0 Å². The maximum Gasteiger partial charge on any atom is 0.277 e. The number of allylic oxidation sites excluding steroid dienone is 2.